The molecule has 1 rings (SSSR count). The van der Waals surface area contributed by atoms with Gasteiger partial charge in [0, 0.05) is 17.6 Å². The summed E-state index contributed by atoms with van der Waals surface area (Å²) in [4.78, 5) is 2.21. The molecule has 82 valence electrons. The lowest BCUT2D eigenvalue weighted by molar-refractivity contribution is 0.282. The van der Waals surface area contributed by atoms with Crippen LogP contribution in [-0.2, 0) is 6.61 Å². The number of benzene rings is 1. The van der Waals surface area contributed by atoms with E-state index in [9.17, 15) is 0 Å². The van der Waals surface area contributed by atoms with Gasteiger partial charge in [-0.3, -0.25) is 0 Å². The van der Waals surface area contributed by atoms with Gasteiger partial charge in [-0.1, -0.05) is 12.1 Å². The first-order valence-electron chi connectivity index (χ1n) is 4.98. The minimum Gasteiger partial charge on any atom is -0.392 e. The van der Waals surface area contributed by atoms with Crippen molar-refractivity contribution >= 4 is 21.6 Å². The zero-order valence-corrected chi connectivity index (χ0v) is 10.5. The van der Waals surface area contributed by atoms with E-state index < -0.39 is 0 Å². The third-order valence-electron chi connectivity index (χ3n) is 2.27. The molecule has 1 N–H and O–H groups in total. The SMILES string of the molecule is C=CCN(CC)c1ccc(CO)cc1Br. The Balaban J connectivity index is 2.97. The van der Waals surface area contributed by atoms with E-state index in [1.54, 1.807) is 0 Å². The van der Waals surface area contributed by atoms with Gasteiger partial charge in [-0.25, -0.2) is 0 Å². The van der Waals surface area contributed by atoms with Crippen LogP contribution in [0.15, 0.2) is 35.3 Å². The number of hydrogen-bond acceptors (Lipinski definition) is 2. The lowest BCUT2D eigenvalue weighted by Gasteiger charge is -2.23. The average Bonchev–Trinajstić information content (AvgIpc) is 2.26. The Labute approximate surface area is 99.4 Å². The summed E-state index contributed by atoms with van der Waals surface area (Å²) < 4.78 is 1.01. The zero-order chi connectivity index (χ0) is 11.3. The first-order valence-corrected chi connectivity index (χ1v) is 5.77. The first kappa shape index (κ1) is 12.3. The van der Waals surface area contributed by atoms with E-state index in [4.69, 9.17) is 5.11 Å². The maximum Gasteiger partial charge on any atom is 0.0682 e. The van der Waals surface area contributed by atoms with Gasteiger partial charge in [0.05, 0.1) is 12.3 Å². The Morgan fingerprint density at radius 1 is 1.53 bits per heavy atom. The topological polar surface area (TPSA) is 23.5 Å². The molecule has 0 aliphatic heterocycles. The molecule has 0 unspecified atom stereocenters. The van der Waals surface area contributed by atoms with Gasteiger partial charge in [0.25, 0.3) is 0 Å². The van der Waals surface area contributed by atoms with Crippen LogP contribution in [0.3, 0.4) is 0 Å². The van der Waals surface area contributed by atoms with Crippen LogP contribution in [0, 0.1) is 0 Å². The number of aliphatic hydroxyl groups is 1. The Bertz CT molecular complexity index is 338. The number of anilines is 1. The molecule has 0 radical (unpaired) electrons. The van der Waals surface area contributed by atoms with E-state index in [1.807, 2.05) is 24.3 Å². The fourth-order valence-corrected chi connectivity index (χ4v) is 2.14. The summed E-state index contributed by atoms with van der Waals surface area (Å²) in [6.07, 6.45) is 1.88. The highest BCUT2D eigenvalue weighted by atomic mass is 79.9. The summed E-state index contributed by atoms with van der Waals surface area (Å²) in [6, 6.07) is 5.90. The molecular formula is C12H16BrNO. The summed E-state index contributed by atoms with van der Waals surface area (Å²) in [6.45, 7) is 7.68. The first-order chi connectivity index (χ1) is 7.22. The van der Waals surface area contributed by atoms with Crippen LogP contribution in [0.1, 0.15) is 12.5 Å². The molecule has 0 aromatic heterocycles. The Morgan fingerprint density at radius 3 is 2.73 bits per heavy atom. The molecule has 3 heteroatoms. The maximum atomic E-state index is 9.00. The van der Waals surface area contributed by atoms with Crippen LogP contribution in [0.5, 0.6) is 0 Å². The molecule has 0 aliphatic rings. The van der Waals surface area contributed by atoms with Crippen molar-refractivity contribution in [2.24, 2.45) is 0 Å². The van der Waals surface area contributed by atoms with Crippen LogP contribution >= 0.6 is 15.9 Å². The van der Waals surface area contributed by atoms with Crippen molar-refractivity contribution in [1.82, 2.24) is 0 Å². The largest absolute Gasteiger partial charge is 0.392 e. The molecule has 1 aromatic rings. The minimum absolute atomic E-state index is 0.0759. The third kappa shape index (κ3) is 3.08. The second-order valence-electron chi connectivity index (χ2n) is 3.27. The normalized spacial score (nSPS) is 10.1. The van der Waals surface area contributed by atoms with Gasteiger partial charge in [0.2, 0.25) is 0 Å². The number of halogens is 1. The molecule has 0 heterocycles. The summed E-state index contributed by atoms with van der Waals surface area (Å²) in [5.74, 6) is 0. The molecule has 0 spiro atoms. The van der Waals surface area contributed by atoms with E-state index in [1.165, 1.54) is 0 Å². The van der Waals surface area contributed by atoms with Crippen molar-refractivity contribution in [2.75, 3.05) is 18.0 Å². The van der Waals surface area contributed by atoms with Gasteiger partial charge in [-0.15, -0.1) is 6.58 Å². The Morgan fingerprint density at radius 2 is 2.27 bits per heavy atom. The average molecular weight is 270 g/mol. The predicted octanol–water partition coefficient (Wildman–Crippen LogP) is 2.95. The van der Waals surface area contributed by atoms with Gasteiger partial charge >= 0.3 is 0 Å². The lowest BCUT2D eigenvalue weighted by Crippen LogP contribution is -2.22. The van der Waals surface area contributed by atoms with Gasteiger partial charge in [0.15, 0.2) is 0 Å². The van der Waals surface area contributed by atoms with E-state index in [-0.39, 0.29) is 6.61 Å². The van der Waals surface area contributed by atoms with Gasteiger partial charge < -0.3 is 10.0 Å². The highest BCUT2D eigenvalue weighted by Crippen LogP contribution is 2.27. The maximum absolute atomic E-state index is 9.00. The molecule has 0 aliphatic carbocycles. The zero-order valence-electron chi connectivity index (χ0n) is 8.91. The monoisotopic (exact) mass is 269 g/mol. The highest BCUT2D eigenvalue weighted by molar-refractivity contribution is 9.10. The minimum atomic E-state index is 0.0759. The Kier molecular flexibility index (Phi) is 4.85. The van der Waals surface area contributed by atoms with Crippen molar-refractivity contribution in [3.05, 3.63) is 40.9 Å². The second kappa shape index (κ2) is 5.93. The molecule has 0 fully saturated rings. The van der Waals surface area contributed by atoms with Crippen LogP contribution in [0.4, 0.5) is 5.69 Å². The van der Waals surface area contributed by atoms with Crippen LogP contribution < -0.4 is 4.90 Å². The molecule has 1 aromatic carbocycles. The number of likely N-dealkylation sites (N-methyl/N-ethyl adjacent to an activating group) is 1. The lowest BCUT2D eigenvalue weighted by atomic mass is 10.2. The van der Waals surface area contributed by atoms with Crippen LogP contribution in [0.25, 0.3) is 0 Å². The number of hydrogen-bond donors (Lipinski definition) is 1. The highest BCUT2D eigenvalue weighted by Gasteiger charge is 2.07. The van der Waals surface area contributed by atoms with Gasteiger partial charge in [-0.2, -0.15) is 0 Å². The van der Waals surface area contributed by atoms with E-state index in [0.29, 0.717) is 0 Å². The van der Waals surface area contributed by atoms with Crippen molar-refractivity contribution < 1.29 is 5.11 Å². The number of aliphatic hydroxyl groups excluding tert-OH is 1. The molecule has 0 saturated carbocycles. The fourth-order valence-electron chi connectivity index (χ4n) is 1.46. The summed E-state index contributed by atoms with van der Waals surface area (Å²) >= 11 is 3.51. The summed E-state index contributed by atoms with van der Waals surface area (Å²) in [5, 5.41) is 9.00. The number of rotatable bonds is 5. The number of nitrogens with zero attached hydrogens (tertiary/aromatic N) is 1. The molecule has 0 atom stereocenters. The molecule has 0 bridgehead atoms. The van der Waals surface area contributed by atoms with Crippen LogP contribution in [0.2, 0.25) is 0 Å². The van der Waals surface area contributed by atoms with Crippen LogP contribution in [-0.4, -0.2) is 18.2 Å². The molecule has 15 heavy (non-hydrogen) atoms. The predicted molar refractivity (Wildman–Crippen MR) is 68.1 cm³/mol. The van der Waals surface area contributed by atoms with E-state index >= 15 is 0 Å². The quantitative estimate of drug-likeness (QED) is 0.831. The molecule has 0 amide bonds. The third-order valence-corrected chi connectivity index (χ3v) is 2.90. The Hall–Kier alpha value is -0.800. The molecular weight excluding hydrogens is 254 g/mol. The van der Waals surface area contributed by atoms with E-state index in [2.05, 4.69) is 34.3 Å². The van der Waals surface area contributed by atoms with Gasteiger partial charge in [0.1, 0.15) is 0 Å². The standard InChI is InChI=1S/C12H16BrNO/c1-3-7-14(4-2)12-6-5-10(9-15)8-11(12)13/h3,5-6,8,15H,1,4,7,9H2,2H3. The molecule has 2 nitrogen and oxygen atoms in total. The summed E-state index contributed by atoms with van der Waals surface area (Å²) in [7, 11) is 0. The van der Waals surface area contributed by atoms with Crippen molar-refractivity contribution in [3.63, 3.8) is 0 Å². The fraction of sp³-hybridized carbons (Fsp3) is 0.333. The van der Waals surface area contributed by atoms with Crippen molar-refractivity contribution in [1.29, 1.82) is 0 Å². The second-order valence-corrected chi connectivity index (χ2v) is 4.13. The smallest absolute Gasteiger partial charge is 0.0682 e. The van der Waals surface area contributed by atoms with E-state index in [0.717, 1.165) is 28.8 Å². The van der Waals surface area contributed by atoms with Crippen molar-refractivity contribution in [2.45, 2.75) is 13.5 Å². The summed E-state index contributed by atoms with van der Waals surface area (Å²) in [5.41, 5.74) is 2.05. The van der Waals surface area contributed by atoms with Gasteiger partial charge in [-0.05, 0) is 40.5 Å². The van der Waals surface area contributed by atoms with Crippen molar-refractivity contribution in [3.8, 4) is 0 Å². The molecule has 0 saturated heterocycles.